The summed E-state index contributed by atoms with van der Waals surface area (Å²) in [6.45, 7) is 0. The molecule has 1 aliphatic carbocycles. The van der Waals surface area contributed by atoms with Gasteiger partial charge in [0.2, 0.25) is 0 Å². The third-order valence-corrected chi connectivity index (χ3v) is 1.90. The van der Waals surface area contributed by atoms with E-state index >= 15 is 0 Å². The average Bonchev–Trinajstić information content (AvgIpc) is 2.46. The van der Waals surface area contributed by atoms with E-state index < -0.39 is 0 Å². The summed E-state index contributed by atoms with van der Waals surface area (Å²) in [4.78, 5) is 0. The molecule has 0 aromatic carbocycles. The molecule has 0 spiro atoms. The lowest BCUT2D eigenvalue weighted by Gasteiger charge is -2.04. The quantitative estimate of drug-likeness (QED) is 0.540. The maximum Gasteiger partial charge on any atom is 0.0551 e. The van der Waals surface area contributed by atoms with Gasteiger partial charge in [-0.05, 0) is 6.08 Å². The van der Waals surface area contributed by atoms with E-state index in [9.17, 15) is 0 Å². The van der Waals surface area contributed by atoms with Gasteiger partial charge < -0.3 is 16.0 Å². The van der Waals surface area contributed by atoms with Gasteiger partial charge in [-0.1, -0.05) is 0 Å². The highest BCUT2D eigenvalue weighted by atomic mass is 15.0. The van der Waals surface area contributed by atoms with Gasteiger partial charge in [0.05, 0.1) is 5.70 Å². The molecule has 0 aromatic rings. The molecular weight excluding hydrogens is 138 g/mol. The molecular formula is C8H15N3. The van der Waals surface area contributed by atoms with Gasteiger partial charge in [0.25, 0.3) is 0 Å². The molecule has 62 valence electrons. The van der Waals surface area contributed by atoms with Gasteiger partial charge in [-0.2, -0.15) is 0 Å². The molecule has 0 amide bonds. The first-order valence-corrected chi connectivity index (χ1v) is 3.78. The fourth-order valence-electron chi connectivity index (χ4n) is 1.20. The molecule has 0 bridgehead atoms. The Labute approximate surface area is 67.6 Å². The molecule has 0 heterocycles. The van der Waals surface area contributed by atoms with Crippen molar-refractivity contribution in [3.63, 3.8) is 0 Å². The summed E-state index contributed by atoms with van der Waals surface area (Å²) in [7, 11) is 5.82. The van der Waals surface area contributed by atoms with E-state index in [1.54, 1.807) is 0 Å². The van der Waals surface area contributed by atoms with Crippen LogP contribution < -0.4 is 16.0 Å². The molecule has 3 N–H and O–H groups in total. The van der Waals surface area contributed by atoms with Crippen LogP contribution in [0, 0.1) is 0 Å². The predicted molar refractivity (Wildman–Crippen MR) is 46.9 cm³/mol. The van der Waals surface area contributed by atoms with E-state index in [0.717, 1.165) is 6.42 Å². The third-order valence-electron chi connectivity index (χ3n) is 1.90. The van der Waals surface area contributed by atoms with Crippen molar-refractivity contribution in [1.82, 2.24) is 16.0 Å². The van der Waals surface area contributed by atoms with Crippen molar-refractivity contribution in [2.24, 2.45) is 0 Å². The fourth-order valence-corrected chi connectivity index (χ4v) is 1.20. The van der Waals surface area contributed by atoms with Gasteiger partial charge in [-0.15, -0.1) is 0 Å². The molecule has 0 unspecified atom stereocenters. The minimum atomic E-state index is 0.975. The van der Waals surface area contributed by atoms with Crippen molar-refractivity contribution in [3.8, 4) is 0 Å². The molecule has 0 fully saturated rings. The van der Waals surface area contributed by atoms with E-state index in [0.29, 0.717) is 0 Å². The summed E-state index contributed by atoms with van der Waals surface area (Å²) in [6, 6.07) is 0. The first-order valence-electron chi connectivity index (χ1n) is 3.78. The summed E-state index contributed by atoms with van der Waals surface area (Å²) in [5.74, 6) is 0. The highest BCUT2D eigenvalue weighted by Gasteiger charge is 2.11. The SMILES string of the molecule is CNC1=CC(NC)=C(NC)C1. The Morgan fingerprint density at radius 1 is 1.09 bits per heavy atom. The number of likely N-dealkylation sites (N-methyl/N-ethyl adjacent to an activating group) is 1. The lowest BCUT2D eigenvalue weighted by atomic mass is 10.3. The number of allylic oxidation sites excluding steroid dienone is 1. The molecule has 0 aromatic heterocycles. The maximum absolute atomic E-state index is 3.15. The van der Waals surface area contributed by atoms with Gasteiger partial charge in [0.1, 0.15) is 0 Å². The Morgan fingerprint density at radius 2 is 1.82 bits per heavy atom. The van der Waals surface area contributed by atoms with Crippen molar-refractivity contribution in [2.75, 3.05) is 21.1 Å². The van der Waals surface area contributed by atoms with Crippen LogP contribution in [0.15, 0.2) is 23.2 Å². The van der Waals surface area contributed by atoms with Crippen molar-refractivity contribution in [3.05, 3.63) is 23.2 Å². The normalized spacial score (nSPS) is 16.5. The molecule has 0 saturated heterocycles. The van der Waals surface area contributed by atoms with Crippen LogP contribution in [-0.2, 0) is 0 Å². The molecule has 0 saturated carbocycles. The van der Waals surface area contributed by atoms with Gasteiger partial charge in [0, 0.05) is 39.0 Å². The number of rotatable bonds is 3. The molecule has 0 radical (unpaired) electrons. The summed E-state index contributed by atoms with van der Waals surface area (Å²) in [5.41, 5.74) is 3.67. The Morgan fingerprint density at radius 3 is 2.18 bits per heavy atom. The smallest absolute Gasteiger partial charge is 0.0551 e. The first kappa shape index (κ1) is 7.98. The van der Waals surface area contributed by atoms with E-state index in [-0.39, 0.29) is 0 Å². The van der Waals surface area contributed by atoms with Gasteiger partial charge in [-0.3, -0.25) is 0 Å². The number of nitrogens with one attached hydrogen (secondary N) is 3. The lowest BCUT2D eigenvalue weighted by Crippen LogP contribution is -2.13. The maximum atomic E-state index is 3.15. The van der Waals surface area contributed by atoms with E-state index in [2.05, 4.69) is 22.0 Å². The molecule has 11 heavy (non-hydrogen) atoms. The van der Waals surface area contributed by atoms with Crippen LogP contribution >= 0.6 is 0 Å². The van der Waals surface area contributed by atoms with Crippen molar-refractivity contribution < 1.29 is 0 Å². The lowest BCUT2D eigenvalue weighted by molar-refractivity contribution is 0.850. The summed E-state index contributed by atoms with van der Waals surface area (Å²) in [5, 5.41) is 9.42. The second-order valence-electron chi connectivity index (χ2n) is 2.49. The second kappa shape index (κ2) is 3.32. The highest BCUT2D eigenvalue weighted by Crippen LogP contribution is 2.18. The minimum Gasteiger partial charge on any atom is -0.391 e. The van der Waals surface area contributed by atoms with Crippen molar-refractivity contribution >= 4 is 0 Å². The number of hydrogen-bond donors (Lipinski definition) is 3. The van der Waals surface area contributed by atoms with Crippen molar-refractivity contribution in [1.29, 1.82) is 0 Å². The van der Waals surface area contributed by atoms with Gasteiger partial charge in [0.15, 0.2) is 0 Å². The zero-order valence-corrected chi connectivity index (χ0v) is 7.28. The van der Waals surface area contributed by atoms with Crippen LogP contribution in [0.2, 0.25) is 0 Å². The Bertz CT molecular complexity index is 203. The van der Waals surface area contributed by atoms with Crippen LogP contribution in [0.1, 0.15) is 6.42 Å². The standard InChI is InChI=1S/C8H15N3/c1-9-6-4-7(10-2)8(5-6)11-3/h4,9-11H,5H2,1-3H3. The van der Waals surface area contributed by atoms with Crippen molar-refractivity contribution in [2.45, 2.75) is 6.42 Å². The van der Waals surface area contributed by atoms with E-state index in [1.807, 2.05) is 21.1 Å². The zero-order valence-electron chi connectivity index (χ0n) is 7.28. The summed E-state index contributed by atoms with van der Waals surface area (Å²) in [6.07, 6.45) is 3.09. The van der Waals surface area contributed by atoms with E-state index in [1.165, 1.54) is 17.1 Å². The molecule has 1 aliphatic rings. The predicted octanol–water partition coefficient (Wildman–Crippen LogP) is 0.144. The van der Waals surface area contributed by atoms with Gasteiger partial charge in [-0.25, -0.2) is 0 Å². The zero-order chi connectivity index (χ0) is 8.27. The Kier molecular flexibility index (Phi) is 2.41. The average molecular weight is 153 g/mol. The topological polar surface area (TPSA) is 36.1 Å². The molecule has 1 rings (SSSR count). The molecule has 0 aliphatic heterocycles. The molecule has 0 atom stereocenters. The highest BCUT2D eigenvalue weighted by molar-refractivity contribution is 5.35. The largest absolute Gasteiger partial charge is 0.391 e. The molecule has 3 heteroatoms. The van der Waals surface area contributed by atoms with E-state index in [4.69, 9.17) is 0 Å². The fraction of sp³-hybridized carbons (Fsp3) is 0.500. The monoisotopic (exact) mass is 153 g/mol. The summed E-state index contributed by atoms with van der Waals surface area (Å²) >= 11 is 0. The first-order chi connectivity index (χ1) is 5.31. The Hall–Kier alpha value is -1.12. The van der Waals surface area contributed by atoms with Crippen LogP contribution in [0.4, 0.5) is 0 Å². The van der Waals surface area contributed by atoms with Crippen LogP contribution in [0.25, 0.3) is 0 Å². The molecule has 3 nitrogen and oxygen atoms in total. The van der Waals surface area contributed by atoms with Crippen LogP contribution in [0.3, 0.4) is 0 Å². The van der Waals surface area contributed by atoms with Crippen LogP contribution in [0.5, 0.6) is 0 Å². The van der Waals surface area contributed by atoms with Gasteiger partial charge >= 0.3 is 0 Å². The number of hydrogen-bond acceptors (Lipinski definition) is 3. The Balaban J connectivity index is 2.69. The third kappa shape index (κ3) is 1.48. The second-order valence-corrected chi connectivity index (χ2v) is 2.49. The van der Waals surface area contributed by atoms with Crippen LogP contribution in [-0.4, -0.2) is 21.1 Å². The summed E-state index contributed by atoms with van der Waals surface area (Å²) < 4.78 is 0. The minimum absolute atomic E-state index is 0.975.